The van der Waals surface area contributed by atoms with E-state index in [9.17, 15) is 0 Å². The Hall–Kier alpha value is -1.13. The number of pyridine rings is 1. The zero-order valence-electron chi connectivity index (χ0n) is 12.6. The number of anilines is 1. The Labute approximate surface area is 116 Å². The number of nitrogens with zero attached hydrogens (tertiary/aromatic N) is 3. The molecule has 4 heteroatoms. The van der Waals surface area contributed by atoms with Gasteiger partial charge in [-0.05, 0) is 46.5 Å². The van der Waals surface area contributed by atoms with Gasteiger partial charge in [0.15, 0.2) is 0 Å². The molecule has 1 N–H and O–H groups in total. The molecule has 0 radical (unpaired) electrons. The Bertz CT molecular complexity index is 412. The molecule has 1 aromatic heterocycles. The molecular weight excluding hydrogens is 236 g/mol. The molecule has 106 valence electrons. The van der Waals surface area contributed by atoms with Crippen molar-refractivity contribution in [3.05, 3.63) is 24.0 Å². The standard InChI is InChI=1S/C15H26N4/c1-16-10-13-11-17-9-6-14(13)19(4)12-15(18(2)3)7-5-8-15/h6,9,11,16H,5,7-8,10,12H2,1-4H3. The number of rotatable bonds is 6. The van der Waals surface area contributed by atoms with Crippen LogP contribution in [-0.2, 0) is 6.54 Å². The lowest BCUT2D eigenvalue weighted by atomic mass is 9.75. The highest BCUT2D eigenvalue weighted by molar-refractivity contribution is 5.52. The molecule has 1 aliphatic carbocycles. The van der Waals surface area contributed by atoms with Crippen LogP contribution in [0.25, 0.3) is 0 Å². The van der Waals surface area contributed by atoms with Gasteiger partial charge in [-0.25, -0.2) is 0 Å². The normalized spacial score (nSPS) is 17.3. The molecule has 0 amide bonds. The number of aromatic nitrogens is 1. The van der Waals surface area contributed by atoms with Crippen LogP contribution in [0.4, 0.5) is 5.69 Å². The summed E-state index contributed by atoms with van der Waals surface area (Å²) in [6.07, 6.45) is 7.80. The fourth-order valence-electron chi connectivity index (χ4n) is 2.98. The predicted octanol–water partition coefficient (Wildman–Crippen LogP) is 1.72. The highest BCUT2D eigenvalue weighted by Crippen LogP contribution is 2.37. The molecule has 0 unspecified atom stereocenters. The van der Waals surface area contributed by atoms with Gasteiger partial charge in [-0.1, -0.05) is 0 Å². The van der Waals surface area contributed by atoms with Gasteiger partial charge in [0.1, 0.15) is 0 Å². The van der Waals surface area contributed by atoms with Gasteiger partial charge in [0.05, 0.1) is 0 Å². The van der Waals surface area contributed by atoms with Crippen molar-refractivity contribution in [2.24, 2.45) is 0 Å². The average Bonchev–Trinajstić information content (AvgIpc) is 2.34. The van der Waals surface area contributed by atoms with Crippen molar-refractivity contribution in [1.82, 2.24) is 15.2 Å². The summed E-state index contributed by atoms with van der Waals surface area (Å²) in [6, 6.07) is 2.12. The van der Waals surface area contributed by atoms with E-state index in [0.717, 1.165) is 13.1 Å². The third-order valence-electron chi connectivity index (χ3n) is 4.42. The molecule has 0 aliphatic heterocycles. The zero-order chi connectivity index (χ0) is 13.9. The van der Waals surface area contributed by atoms with Gasteiger partial charge in [-0.15, -0.1) is 0 Å². The monoisotopic (exact) mass is 262 g/mol. The largest absolute Gasteiger partial charge is 0.372 e. The molecule has 2 rings (SSSR count). The van der Waals surface area contributed by atoms with Crippen molar-refractivity contribution < 1.29 is 0 Å². The van der Waals surface area contributed by atoms with Gasteiger partial charge < -0.3 is 15.1 Å². The van der Waals surface area contributed by atoms with Crippen LogP contribution < -0.4 is 10.2 Å². The Morgan fingerprint density at radius 1 is 1.32 bits per heavy atom. The Kier molecular flexibility index (Phi) is 4.42. The lowest BCUT2D eigenvalue weighted by molar-refractivity contribution is 0.0683. The lowest BCUT2D eigenvalue weighted by Crippen LogP contribution is -2.56. The van der Waals surface area contributed by atoms with E-state index in [2.05, 4.69) is 47.3 Å². The van der Waals surface area contributed by atoms with Crippen LogP contribution in [0.15, 0.2) is 18.5 Å². The zero-order valence-corrected chi connectivity index (χ0v) is 12.6. The Morgan fingerprint density at radius 2 is 2.05 bits per heavy atom. The van der Waals surface area contributed by atoms with Crippen LogP contribution in [0.2, 0.25) is 0 Å². The first-order valence-corrected chi connectivity index (χ1v) is 7.05. The molecule has 4 nitrogen and oxygen atoms in total. The summed E-state index contributed by atoms with van der Waals surface area (Å²) in [5, 5.41) is 3.22. The Morgan fingerprint density at radius 3 is 2.58 bits per heavy atom. The molecule has 0 bridgehead atoms. The minimum atomic E-state index is 0.356. The number of hydrogen-bond donors (Lipinski definition) is 1. The van der Waals surface area contributed by atoms with E-state index in [1.54, 1.807) is 0 Å². The van der Waals surface area contributed by atoms with Crippen molar-refractivity contribution in [2.75, 3.05) is 39.6 Å². The van der Waals surface area contributed by atoms with Crippen LogP contribution in [-0.4, -0.2) is 50.2 Å². The van der Waals surface area contributed by atoms with Gasteiger partial charge in [-0.3, -0.25) is 4.98 Å². The second kappa shape index (κ2) is 5.88. The topological polar surface area (TPSA) is 31.4 Å². The van der Waals surface area contributed by atoms with E-state index in [0.29, 0.717) is 5.54 Å². The van der Waals surface area contributed by atoms with Gasteiger partial charge in [0.2, 0.25) is 0 Å². The maximum Gasteiger partial charge on any atom is 0.0440 e. The number of hydrogen-bond acceptors (Lipinski definition) is 4. The molecule has 19 heavy (non-hydrogen) atoms. The van der Waals surface area contributed by atoms with Crippen LogP contribution in [0.1, 0.15) is 24.8 Å². The van der Waals surface area contributed by atoms with Crippen molar-refractivity contribution in [3.8, 4) is 0 Å². The summed E-state index contributed by atoms with van der Waals surface area (Å²) < 4.78 is 0. The highest BCUT2D eigenvalue weighted by Gasteiger charge is 2.40. The summed E-state index contributed by atoms with van der Waals surface area (Å²) >= 11 is 0. The van der Waals surface area contributed by atoms with Crippen LogP contribution in [0, 0.1) is 0 Å². The smallest absolute Gasteiger partial charge is 0.0440 e. The second-order valence-corrected chi connectivity index (χ2v) is 5.86. The van der Waals surface area contributed by atoms with Crippen molar-refractivity contribution in [2.45, 2.75) is 31.3 Å². The van der Waals surface area contributed by atoms with E-state index in [-0.39, 0.29) is 0 Å². The number of likely N-dealkylation sites (N-methyl/N-ethyl adjacent to an activating group) is 2. The molecule has 0 aromatic carbocycles. The highest BCUT2D eigenvalue weighted by atomic mass is 15.2. The first-order valence-electron chi connectivity index (χ1n) is 7.05. The Balaban J connectivity index is 2.13. The van der Waals surface area contributed by atoms with Gasteiger partial charge in [0.25, 0.3) is 0 Å². The van der Waals surface area contributed by atoms with E-state index in [1.165, 1.54) is 30.5 Å². The predicted molar refractivity (Wildman–Crippen MR) is 80.5 cm³/mol. The molecule has 1 saturated carbocycles. The van der Waals surface area contributed by atoms with Crippen LogP contribution in [0.5, 0.6) is 0 Å². The first kappa shape index (κ1) is 14.3. The fourth-order valence-corrected chi connectivity index (χ4v) is 2.98. The third-order valence-corrected chi connectivity index (χ3v) is 4.42. The molecule has 0 atom stereocenters. The second-order valence-electron chi connectivity index (χ2n) is 5.86. The molecule has 1 aromatic rings. The van der Waals surface area contributed by atoms with Crippen LogP contribution in [0.3, 0.4) is 0 Å². The fraction of sp³-hybridized carbons (Fsp3) is 0.667. The quantitative estimate of drug-likeness (QED) is 0.846. The van der Waals surface area contributed by atoms with Crippen LogP contribution >= 0.6 is 0 Å². The molecule has 0 spiro atoms. The summed E-state index contributed by atoms with van der Waals surface area (Å²) in [7, 11) is 8.57. The van der Waals surface area contributed by atoms with Crippen molar-refractivity contribution >= 4 is 5.69 Å². The van der Waals surface area contributed by atoms with Gasteiger partial charge in [-0.2, -0.15) is 0 Å². The molecular formula is C15H26N4. The summed E-state index contributed by atoms with van der Waals surface area (Å²) in [6.45, 7) is 1.95. The summed E-state index contributed by atoms with van der Waals surface area (Å²) in [5.41, 5.74) is 2.91. The minimum absolute atomic E-state index is 0.356. The SMILES string of the molecule is CNCc1cnccc1N(C)CC1(N(C)C)CCC1. The maximum absolute atomic E-state index is 4.23. The molecule has 0 saturated heterocycles. The average molecular weight is 262 g/mol. The minimum Gasteiger partial charge on any atom is -0.372 e. The van der Waals surface area contributed by atoms with E-state index < -0.39 is 0 Å². The molecule has 1 heterocycles. The summed E-state index contributed by atoms with van der Waals surface area (Å²) in [4.78, 5) is 9.01. The molecule has 1 fully saturated rings. The first-order chi connectivity index (χ1) is 9.09. The lowest BCUT2D eigenvalue weighted by Gasteiger charge is -2.49. The van der Waals surface area contributed by atoms with E-state index in [1.807, 2.05) is 19.4 Å². The van der Waals surface area contributed by atoms with Gasteiger partial charge >= 0.3 is 0 Å². The summed E-state index contributed by atoms with van der Waals surface area (Å²) in [5.74, 6) is 0. The third kappa shape index (κ3) is 2.90. The van der Waals surface area contributed by atoms with E-state index in [4.69, 9.17) is 0 Å². The molecule has 1 aliphatic rings. The van der Waals surface area contributed by atoms with Crippen molar-refractivity contribution in [3.63, 3.8) is 0 Å². The maximum atomic E-state index is 4.23. The van der Waals surface area contributed by atoms with E-state index >= 15 is 0 Å². The van der Waals surface area contributed by atoms with Gasteiger partial charge in [0, 0.05) is 49.3 Å². The van der Waals surface area contributed by atoms with Crippen molar-refractivity contribution in [1.29, 1.82) is 0 Å². The number of nitrogens with one attached hydrogen (secondary N) is 1.